The Balaban J connectivity index is 1.54. The molecular formula is C30H31FN4O3. The van der Waals surface area contributed by atoms with Crippen LogP contribution in [0.15, 0.2) is 78.9 Å². The predicted octanol–water partition coefficient (Wildman–Crippen LogP) is 4.74. The summed E-state index contributed by atoms with van der Waals surface area (Å²) >= 11 is 0. The number of rotatable bonds is 6. The van der Waals surface area contributed by atoms with Crippen LogP contribution in [0.4, 0.5) is 15.9 Å². The number of fused-ring (bicyclic) bond motifs is 1. The van der Waals surface area contributed by atoms with Gasteiger partial charge < -0.3 is 25.0 Å². The predicted molar refractivity (Wildman–Crippen MR) is 144 cm³/mol. The molecule has 1 aliphatic heterocycles. The van der Waals surface area contributed by atoms with Gasteiger partial charge in [-0.15, -0.1) is 0 Å². The van der Waals surface area contributed by atoms with Crippen molar-refractivity contribution in [1.29, 1.82) is 0 Å². The number of hydrogen-bond donors (Lipinski definition) is 3. The van der Waals surface area contributed by atoms with E-state index in [-0.39, 0.29) is 25.3 Å². The Kier molecular flexibility index (Phi) is 6.54. The molecule has 5 rings (SSSR count). The van der Waals surface area contributed by atoms with E-state index in [9.17, 15) is 19.4 Å². The smallest absolute Gasteiger partial charge is 0.283 e. The second-order valence-corrected chi connectivity index (χ2v) is 10.5. The van der Waals surface area contributed by atoms with Crippen molar-refractivity contribution < 1.29 is 19.4 Å². The van der Waals surface area contributed by atoms with Gasteiger partial charge in [0.05, 0.1) is 12.1 Å². The van der Waals surface area contributed by atoms with Crippen molar-refractivity contribution in [3.05, 3.63) is 102 Å². The van der Waals surface area contributed by atoms with E-state index in [1.807, 2.05) is 55.7 Å². The van der Waals surface area contributed by atoms with E-state index in [0.29, 0.717) is 28.5 Å². The quantitative estimate of drug-likeness (QED) is 0.323. The first-order valence-electron chi connectivity index (χ1n) is 12.5. The molecule has 0 spiro atoms. The molecular weight excluding hydrogens is 483 g/mol. The lowest BCUT2D eigenvalue weighted by Crippen LogP contribution is -2.56. The number of amides is 1. The molecule has 0 fully saturated rings. The van der Waals surface area contributed by atoms with E-state index in [0.717, 1.165) is 11.3 Å². The maximum Gasteiger partial charge on any atom is 0.283 e. The Bertz CT molecular complexity index is 1460. The van der Waals surface area contributed by atoms with E-state index >= 15 is 0 Å². The molecule has 3 N–H and O–H groups in total. The van der Waals surface area contributed by atoms with Gasteiger partial charge >= 0.3 is 0 Å². The fraction of sp³-hybridized carbons (Fsp3) is 0.267. The van der Waals surface area contributed by atoms with Crippen molar-refractivity contribution in [2.45, 2.75) is 45.1 Å². The lowest BCUT2D eigenvalue weighted by molar-refractivity contribution is -0.198. The molecule has 0 atom stereocenters. The minimum Gasteiger partial charge on any atom is -0.358 e. The minimum absolute atomic E-state index is 0.0673. The summed E-state index contributed by atoms with van der Waals surface area (Å²) in [4.78, 5) is 19.6. The van der Waals surface area contributed by atoms with E-state index in [1.165, 1.54) is 17.0 Å². The van der Waals surface area contributed by atoms with Gasteiger partial charge in [0.2, 0.25) is 5.79 Å². The molecule has 0 saturated heterocycles. The molecule has 1 aromatic heterocycles. The van der Waals surface area contributed by atoms with Crippen molar-refractivity contribution in [1.82, 2.24) is 14.5 Å². The number of nitrogens with zero attached hydrogens (tertiary/aromatic N) is 3. The van der Waals surface area contributed by atoms with Crippen LogP contribution in [0.2, 0.25) is 0 Å². The number of aryl methyl sites for hydroxylation is 1. The van der Waals surface area contributed by atoms with Gasteiger partial charge in [-0.05, 0) is 50.6 Å². The number of halogens is 1. The first-order chi connectivity index (χ1) is 18.0. The summed E-state index contributed by atoms with van der Waals surface area (Å²) in [7, 11) is 0. The monoisotopic (exact) mass is 514 g/mol. The molecule has 0 saturated carbocycles. The fourth-order valence-corrected chi connectivity index (χ4v) is 5.07. The SMILES string of the molecule is Cc1ccc(Nc2c(-c3cccc(F)c3)nc3n2C(C)(C)CN(C(=O)C(O)(O)Cc2ccccc2)C3)cc1. The minimum atomic E-state index is -2.57. The Morgan fingerprint density at radius 3 is 2.45 bits per heavy atom. The highest BCUT2D eigenvalue weighted by Crippen LogP contribution is 2.39. The number of carbonyl (C=O) groups is 1. The van der Waals surface area contributed by atoms with E-state index < -0.39 is 17.2 Å². The second kappa shape index (κ2) is 9.70. The number of imidazole rings is 1. The molecule has 2 heterocycles. The van der Waals surface area contributed by atoms with Gasteiger partial charge in [-0.3, -0.25) is 4.79 Å². The zero-order valence-electron chi connectivity index (χ0n) is 21.6. The summed E-state index contributed by atoms with van der Waals surface area (Å²) < 4.78 is 16.2. The summed E-state index contributed by atoms with van der Waals surface area (Å²) in [6, 6.07) is 23.0. The molecule has 4 aromatic rings. The van der Waals surface area contributed by atoms with Gasteiger partial charge in [0, 0.05) is 24.2 Å². The molecule has 1 amide bonds. The first kappa shape index (κ1) is 25.6. The van der Waals surface area contributed by atoms with Crippen molar-refractivity contribution in [2.75, 3.05) is 11.9 Å². The molecule has 0 unspecified atom stereocenters. The maximum atomic E-state index is 14.2. The Morgan fingerprint density at radius 1 is 1.05 bits per heavy atom. The Labute approximate surface area is 221 Å². The van der Waals surface area contributed by atoms with Crippen LogP contribution in [0.5, 0.6) is 0 Å². The van der Waals surface area contributed by atoms with E-state index in [1.54, 1.807) is 36.4 Å². The molecule has 0 aliphatic carbocycles. The van der Waals surface area contributed by atoms with Gasteiger partial charge in [-0.1, -0.05) is 60.2 Å². The van der Waals surface area contributed by atoms with Crippen LogP contribution in [0.3, 0.4) is 0 Å². The van der Waals surface area contributed by atoms with Crippen LogP contribution in [0, 0.1) is 12.7 Å². The molecule has 1 aliphatic rings. The third kappa shape index (κ3) is 5.05. The van der Waals surface area contributed by atoms with Crippen LogP contribution in [-0.4, -0.2) is 42.9 Å². The summed E-state index contributed by atoms with van der Waals surface area (Å²) in [5.74, 6) is -2.50. The number of nitrogens with one attached hydrogen (secondary N) is 1. The van der Waals surface area contributed by atoms with Crippen LogP contribution in [0.1, 0.15) is 30.8 Å². The molecule has 3 aromatic carbocycles. The average Bonchev–Trinajstić information content (AvgIpc) is 3.24. The zero-order chi connectivity index (χ0) is 27.1. The molecule has 38 heavy (non-hydrogen) atoms. The lowest BCUT2D eigenvalue weighted by atomic mass is 9.98. The topological polar surface area (TPSA) is 90.6 Å². The van der Waals surface area contributed by atoms with Crippen molar-refractivity contribution in [3.63, 3.8) is 0 Å². The second-order valence-electron chi connectivity index (χ2n) is 10.5. The van der Waals surface area contributed by atoms with E-state index in [4.69, 9.17) is 4.98 Å². The van der Waals surface area contributed by atoms with Crippen molar-refractivity contribution in [3.8, 4) is 11.3 Å². The van der Waals surface area contributed by atoms with Gasteiger partial charge in [-0.2, -0.15) is 0 Å². The summed E-state index contributed by atoms with van der Waals surface area (Å²) in [5, 5.41) is 25.0. The normalized spacial score (nSPS) is 14.7. The van der Waals surface area contributed by atoms with E-state index in [2.05, 4.69) is 5.32 Å². The Hall–Kier alpha value is -4.01. The number of hydrogen-bond acceptors (Lipinski definition) is 5. The highest BCUT2D eigenvalue weighted by Gasteiger charge is 2.44. The highest BCUT2D eigenvalue weighted by atomic mass is 19.1. The fourth-order valence-electron chi connectivity index (χ4n) is 5.07. The zero-order valence-corrected chi connectivity index (χ0v) is 21.6. The van der Waals surface area contributed by atoms with Crippen molar-refractivity contribution in [2.24, 2.45) is 0 Å². The van der Waals surface area contributed by atoms with Crippen LogP contribution in [0.25, 0.3) is 11.3 Å². The summed E-state index contributed by atoms with van der Waals surface area (Å²) in [6.07, 6.45) is -0.229. The number of carbonyl (C=O) groups excluding carboxylic acids is 1. The molecule has 0 bridgehead atoms. The molecule has 196 valence electrons. The summed E-state index contributed by atoms with van der Waals surface area (Å²) in [6.45, 7) is 6.22. The largest absolute Gasteiger partial charge is 0.358 e. The molecule has 8 heteroatoms. The number of benzene rings is 3. The van der Waals surface area contributed by atoms with Crippen LogP contribution >= 0.6 is 0 Å². The number of aliphatic hydroxyl groups is 2. The van der Waals surface area contributed by atoms with Crippen molar-refractivity contribution >= 4 is 17.4 Å². The standard InChI is InChI=1S/C30H31FN4O3/c1-20-12-14-24(15-13-20)32-27-26(22-10-7-11-23(31)16-22)33-25-18-34(19-29(2,3)35(25)27)28(36)30(37,38)17-21-8-5-4-6-9-21/h4-16,32,37-38H,17-19H2,1-3H3. The van der Waals surface area contributed by atoms with Gasteiger partial charge in [-0.25, -0.2) is 9.37 Å². The van der Waals surface area contributed by atoms with Gasteiger partial charge in [0.1, 0.15) is 23.2 Å². The highest BCUT2D eigenvalue weighted by molar-refractivity contribution is 5.84. The third-order valence-electron chi connectivity index (χ3n) is 6.80. The van der Waals surface area contributed by atoms with Crippen LogP contribution < -0.4 is 5.32 Å². The Morgan fingerprint density at radius 2 is 1.76 bits per heavy atom. The maximum absolute atomic E-state index is 14.2. The van der Waals surface area contributed by atoms with Gasteiger partial charge in [0.15, 0.2) is 0 Å². The number of aromatic nitrogens is 2. The number of anilines is 2. The average molecular weight is 515 g/mol. The summed E-state index contributed by atoms with van der Waals surface area (Å²) in [5.41, 5.74) is 3.08. The first-order valence-corrected chi connectivity index (χ1v) is 12.5. The molecule has 0 radical (unpaired) electrons. The molecule has 7 nitrogen and oxygen atoms in total. The lowest BCUT2D eigenvalue weighted by Gasteiger charge is -2.42. The van der Waals surface area contributed by atoms with Crippen LogP contribution in [-0.2, 0) is 23.3 Å². The van der Waals surface area contributed by atoms with Gasteiger partial charge in [0.25, 0.3) is 5.91 Å². The third-order valence-corrected chi connectivity index (χ3v) is 6.80.